The minimum absolute atomic E-state index is 0.525. The van der Waals surface area contributed by atoms with Crippen LogP contribution in [0.15, 0.2) is 261 Å². The molecule has 4 heteroatoms. The van der Waals surface area contributed by atoms with Crippen LogP contribution in [0, 0.1) is 6.92 Å². The molecule has 12 aromatic rings. The molecular weight excluding hydrogens is 1120 g/mol. The number of fused-ring (bicyclic) bond motifs is 26. The van der Waals surface area contributed by atoms with E-state index in [0.717, 1.165) is 0 Å². The Morgan fingerprint density at radius 1 is 0.356 bits per heavy atom. The van der Waals surface area contributed by atoms with Gasteiger partial charge >= 0.3 is 0 Å². The van der Waals surface area contributed by atoms with Crippen molar-refractivity contribution in [2.75, 3.05) is 9.80 Å². The number of hydrogen-bond acceptors (Lipinski definition) is 2. The minimum Gasteiger partial charge on any atom is -0.311 e. The van der Waals surface area contributed by atoms with E-state index in [1.54, 1.807) is 20.7 Å². The van der Waals surface area contributed by atoms with Gasteiger partial charge in [-0.3, -0.25) is 0 Å². The molecule has 3 spiro atoms. The average Bonchev–Trinajstić information content (AvgIpc) is 1.50. The molecule has 0 N–H and O–H groups in total. The zero-order chi connectivity index (χ0) is 59.7. The van der Waals surface area contributed by atoms with Crippen LogP contribution in [0.3, 0.4) is 0 Å². The van der Waals surface area contributed by atoms with Gasteiger partial charge < -0.3 is 9.80 Å². The monoisotopic (exact) mass is 1180 g/mol. The van der Waals surface area contributed by atoms with Crippen molar-refractivity contribution >= 4 is 83.2 Å². The first kappa shape index (κ1) is 52.4. The first-order chi connectivity index (χ1) is 44.4. The summed E-state index contributed by atoms with van der Waals surface area (Å²) in [5.74, 6) is 0. The van der Waals surface area contributed by atoms with Crippen LogP contribution in [0.2, 0.25) is 24.2 Å². The molecule has 0 bridgehead atoms. The third kappa shape index (κ3) is 6.62. The maximum atomic E-state index is 2.63. The normalized spacial score (nSPS) is 16.6. The second kappa shape index (κ2) is 19.2. The fraction of sp³-hybridized carbons (Fsp3) is 0.140. The molecule has 4 aliphatic carbocycles. The average molecular weight is 1190 g/mol. The van der Waals surface area contributed by atoms with Crippen molar-refractivity contribution in [3.63, 3.8) is 0 Å². The molecule has 2 nitrogen and oxygen atoms in total. The Hall–Kier alpha value is -9.59. The van der Waals surface area contributed by atoms with E-state index in [9.17, 15) is 0 Å². The predicted molar refractivity (Wildman–Crippen MR) is 383 cm³/mol. The first-order valence-corrected chi connectivity index (χ1v) is 37.9. The number of nitrogens with zero attached hydrogens (tertiary/aromatic N) is 2. The summed E-state index contributed by atoms with van der Waals surface area (Å²) in [6.45, 7) is 7.15. The molecule has 7 aliphatic rings. The Bertz CT molecular complexity index is 4910. The summed E-state index contributed by atoms with van der Waals surface area (Å²) < 4.78 is 0. The molecule has 1 saturated heterocycles. The van der Waals surface area contributed by atoms with Crippen molar-refractivity contribution in [3.05, 3.63) is 322 Å². The molecule has 90 heavy (non-hydrogen) atoms. The van der Waals surface area contributed by atoms with Gasteiger partial charge in [0.2, 0.25) is 0 Å². The third-order valence-electron chi connectivity index (χ3n) is 22.9. The lowest BCUT2D eigenvalue weighted by molar-refractivity contribution is 0.793. The van der Waals surface area contributed by atoms with E-state index in [-0.39, 0.29) is 0 Å². The minimum atomic E-state index is -2.05. The van der Waals surface area contributed by atoms with Gasteiger partial charge in [0, 0.05) is 34.1 Å². The molecule has 19 rings (SSSR count). The Labute approximate surface area is 531 Å². The zero-order valence-corrected chi connectivity index (χ0v) is 53.3. The highest BCUT2D eigenvalue weighted by Gasteiger charge is 2.55. The summed E-state index contributed by atoms with van der Waals surface area (Å²) in [5, 5.41) is 6.34. The molecule has 1 fully saturated rings. The lowest BCUT2D eigenvalue weighted by atomic mass is 9.70. The van der Waals surface area contributed by atoms with Crippen LogP contribution < -0.4 is 30.5 Å². The van der Waals surface area contributed by atoms with Gasteiger partial charge in [-0.05, 0) is 212 Å². The van der Waals surface area contributed by atoms with Crippen LogP contribution in [0.25, 0.3) is 56.7 Å². The number of anilines is 6. The lowest BCUT2D eigenvalue weighted by Crippen LogP contribution is -2.62. The van der Waals surface area contributed by atoms with E-state index in [0.29, 0.717) is 0 Å². The molecule has 0 radical (unpaired) electrons. The Kier molecular flexibility index (Phi) is 11.2. The first-order valence-electron chi connectivity index (χ1n) is 33.1. The Morgan fingerprint density at radius 3 is 1.20 bits per heavy atom. The maximum absolute atomic E-state index is 2.63. The van der Waals surface area contributed by atoms with Crippen LogP contribution >= 0.6 is 0 Å². The highest BCUT2D eigenvalue weighted by Crippen LogP contribution is 2.66. The molecule has 430 valence electrons. The summed E-state index contributed by atoms with van der Waals surface area (Å²) in [5.41, 5.74) is 32.0. The largest absolute Gasteiger partial charge is 0.311 e. The second-order valence-electron chi connectivity index (χ2n) is 26.7. The number of para-hydroxylation sites is 4. The van der Waals surface area contributed by atoms with Crippen molar-refractivity contribution in [2.45, 2.75) is 75.0 Å². The van der Waals surface area contributed by atoms with Crippen molar-refractivity contribution in [1.82, 2.24) is 0 Å². The number of benzene rings is 12. The van der Waals surface area contributed by atoms with Crippen molar-refractivity contribution in [1.29, 1.82) is 0 Å². The topological polar surface area (TPSA) is 6.48 Å². The molecule has 0 atom stereocenters. The molecule has 0 aromatic heterocycles. The molecule has 3 aliphatic heterocycles. The van der Waals surface area contributed by atoms with Gasteiger partial charge in [-0.2, -0.15) is 0 Å². The highest BCUT2D eigenvalue weighted by atomic mass is 28.3. The summed E-state index contributed by atoms with van der Waals surface area (Å²) >= 11 is 0. The smallest absolute Gasteiger partial charge is 0.123 e. The van der Waals surface area contributed by atoms with Crippen LogP contribution in [0.4, 0.5) is 34.1 Å². The molecule has 0 unspecified atom stereocenters. The molecule has 0 saturated carbocycles. The van der Waals surface area contributed by atoms with Gasteiger partial charge in [0.15, 0.2) is 0 Å². The fourth-order valence-electron chi connectivity index (χ4n) is 19.4. The van der Waals surface area contributed by atoms with E-state index in [2.05, 4.69) is 304 Å². The molecular formula is C86H68N2Si2. The zero-order valence-electron chi connectivity index (χ0n) is 51.3. The predicted octanol–water partition coefficient (Wildman–Crippen LogP) is 19.8. The van der Waals surface area contributed by atoms with Crippen LogP contribution in [-0.4, -0.2) is 16.1 Å². The van der Waals surface area contributed by atoms with Crippen LogP contribution in [-0.2, 0) is 10.8 Å². The summed E-state index contributed by atoms with van der Waals surface area (Å²) in [6, 6.07) is 107. The van der Waals surface area contributed by atoms with Gasteiger partial charge in [-0.25, -0.2) is 0 Å². The summed E-state index contributed by atoms with van der Waals surface area (Å²) in [4.78, 5) is 5.24. The molecule has 12 aromatic carbocycles. The van der Waals surface area contributed by atoms with Gasteiger partial charge in [-0.1, -0.05) is 251 Å². The summed E-state index contributed by atoms with van der Waals surface area (Å²) in [7, 11) is -3.97. The fourth-order valence-corrected chi connectivity index (χ4v) is 29.9. The van der Waals surface area contributed by atoms with E-state index < -0.39 is 27.0 Å². The van der Waals surface area contributed by atoms with Gasteiger partial charge in [0.25, 0.3) is 0 Å². The maximum Gasteiger partial charge on any atom is 0.123 e. The Morgan fingerprint density at radius 2 is 0.733 bits per heavy atom. The SMILES string of the molecule is CCC[Si]1(CC)c2ccccc2N(c2ccc3c(c2)C2(c4ccccc4-c4ccccc42)c2cc(C=Cc4cc5c(cc4C)-c4ccc(N6c7ccccc7[Si]7(CCCC7)c7ccccc76)cc4C54c5ccccc5-c5ccccc54)ccc2-3)c2ccccc21. The van der Waals surface area contributed by atoms with Crippen molar-refractivity contribution in [3.8, 4) is 44.5 Å². The van der Waals surface area contributed by atoms with Gasteiger partial charge in [-0.15, -0.1) is 0 Å². The van der Waals surface area contributed by atoms with Crippen molar-refractivity contribution < 1.29 is 0 Å². The Balaban J connectivity index is 0.767. The van der Waals surface area contributed by atoms with Crippen LogP contribution in [0.1, 0.15) is 94.3 Å². The quantitative estimate of drug-likeness (QED) is 0.116. The van der Waals surface area contributed by atoms with Crippen molar-refractivity contribution in [2.24, 2.45) is 0 Å². The van der Waals surface area contributed by atoms with Gasteiger partial charge in [0.05, 0.1) is 10.8 Å². The second-order valence-corrected chi connectivity index (χ2v) is 35.4. The van der Waals surface area contributed by atoms with E-state index in [1.807, 2.05) is 0 Å². The summed E-state index contributed by atoms with van der Waals surface area (Å²) in [6.07, 6.45) is 8.65. The molecule has 0 amide bonds. The third-order valence-corrected chi connectivity index (χ3v) is 33.7. The van der Waals surface area contributed by atoms with Crippen LogP contribution in [0.5, 0.6) is 0 Å². The van der Waals surface area contributed by atoms with E-state index in [4.69, 9.17) is 0 Å². The number of aryl methyl sites for hydroxylation is 1. The van der Waals surface area contributed by atoms with Gasteiger partial charge in [0.1, 0.15) is 16.1 Å². The standard InChI is InChI=1S/C86H68N2Si2/c1-4-48-89(5-2)81-36-18-14-32-77(81)87(78-33-15-19-37-82(78)89)59-43-46-66-65-45-41-57(52-73(65)85(75(66)54-59)69-28-10-6-24-61(69)62-25-7-11-29-70(62)85)40-42-58-53-74-68(51-56(58)3)67-47-44-60(55-76(67)86(74)71-30-12-8-26-63(71)64-27-9-13-31-72(64)86)88-79-34-16-20-38-83(79)90(49-22-23-50-90)84-39-21-17-35-80(84)88/h6-21,24-47,51-55H,4-5,22-23,48-50H2,1-3H3. The lowest BCUT2D eigenvalue weighted by Gasteiger charge is -2.44. The highest BCUT2D eigenvalue weighted by molar-refractivity contribution is 7.05. The van der Waals surface area contributed by atoms with E-state index in [1.165, 1.54) is 183 Å². The van der Waals surface area contributed by atoms with E-state index >= 15 is 0 Å². The number of hydrogen-bond donors (Lipinski definition) is 0. The number of rotatable bonds is 7. The molecule has 3 heterocycles.